The molecular weight excluding hydrogens is 252 g/mol. The minimum absolute atomic E-state index is 0.0839. The molecule has 1 aliphatic heterocycles. The molecule has 3 rings (SSSR count). The molecule has 3 N–H and O–H groups in total. The summed E-state index contributed by atoms with van der Waals surface area (Å²) in [4.78, 5) is 12.6. The zero-order chi connectivity index (χ0) is 14.2. The van der Waals surface area contributed by atoms with Gasteiger partial charge in [0, 0.05) is 12.1 Å². The molecule has 0 radical (unpaired) electrons. The number of carbonyl (C=O) groups excluding carboxylic acids is 1. The predicted octanol–water partition coefficient (Wildman–Crippen LogP) is 1.80. The number of amides is 1. The number of para-hydroxylation sites is 1. The molecule has 0 saturated heterocycles. The Balaban J connectivity index is 1.78. The second kappa shape index (κ2) is 5.09. The van der Waals surface area contributed by atoms with E-state index in [1.165, 1.54) is 12.8 Å². The average Bonchev–Trinajstić information content (AvgIpc) is 3.31. The molecular formula is C16H22N2O2. The minimum atomic E-state index is -0.260. The van der Waals surface area contributed by atoms with Crippen molar-refractivity contribution >= 4 is 5.91 Å². The van der Waals surface area contributed by atoms with Crippen molar-refractivity contribution in [2.45, 2.75) is 37.6 Å². The summed E-state index contributed by atoms with van der Waals surface area (Å²) in [7, 11) is 0. The fourth-order valence-corrected chi connectivity index (χ4v) is 3.02. The summed E-state index contributed by atoms with van der Waals surface area (Å²) in [6.07, 6.45) is 3.06. The van der Waals surface area contributed by atoms with Gasteiger partial charge in [0.15, 0.2) is 0 Å². The zero-order valence-electron chi connectivity index (χ0n) is 11.9. The topological polar surface area (TPSA) is 64.3 Å². The number of carbonyl (C=O) groups is 1. The van der Waals surface area contributed by atoms with Crippen molar-refractivity contribution in [1.82, 2.24) is 5.32 Å². The molecule has 108 valence electrons. The molecule has 1 fully saturated rings. The van der Waals surface area contributed by atoms with Crippen molar-refractivity contribution in [3.8, 4) is 5.75 Å². The first-order valence-corrected chi connectivity index (χ1v) is 7.38. The van der Waals surface area contributed by atoms with Crippen molar-refractivity contribution < 1.29 is 9.53 Å². The van der Waals surface area contributed by atoms with Gasteiger partial charge in [0.1, 0.15) is 5.75 Å². The van der Waals surface area contributed by atoms with Crippen LogP contribution in [0.25, 0.3) is 0 Å². The Morgan fingerprint density at radius 1 is 1.40 bits per heavy atom. The fraction of sp³-hybridized carbons (Fsp3) is 0.562. The van der Waals surface area contributed by atoms with Crippen LogP contribution in [0, 0.1) is 5.92 Å². The lowest BCUT2D eigenvalue weighted by molar-refractivity contribution is -0.125. The number of rotatable bonds is 4. The first-order valence-electron chi connectivity index (χ1n) is 7.38. The highest BCUT2D eigenvalue weighted by Gasteiger charge is 2.43. The Morgan fingerprint density at radius 2 is 2.15 bits per heavy atom. The molecule has 1 amide bonds. The Morgan fingerprint density at radius 3 is 2.85 bits per heavy atom. The molecule has 1 heterocycles. The predicted molar refractivity (Wildman–Crippen MR) is 77.6 cm³/mol. The van der Waals surface area contributed by atoms with E-state index in [2.05, 4.69) is 12.2 Å². The summed E-state index contributed by atoms with van der Waals surface area (Å²) >= 11 is 0. The molecule has 1 aromatic carbocycles. The Kier molecular flexibility index (Phi) is 3.42. The molecule has 0 aromatic heterocycles. The lowest BCUT2D eigenvalue weighted by atomic mass is 9.89. The van der Waals surface area contributed by atoms with Crippen LogP contribution in [0.4, 0.5) is 0 Å². The van der Waals surface area contributed by atoms with Gasteiger partial charge >= 0.3 is 0 Å². The Hall–Kier alpha value is -1.55. The van der Waals surface area contributed by atoms with Crippen molar-refractivity contribution in [2.75, 3.05) is 13.2 Å². The third-order valence-electron chi connectivity index (χ3n) is 4.59. The van der Waals surface area contributed by atoms with Gasteiger partial charge in [-0.25, -0.2) is 0 Å². The maximum Gasteiger partial charge on any atom is 0.228 e. The van der Waals surface area contributed by atoms with Crippen LogP contribution in [-0.4, -0.2) is 24.6 Å². The number of hydrogen-bond donors (Lipinski definition) is 2. The van der Waals surface area contributed by atoms with Crippen molar-refractivity contribution in [3.05, 3.63) is 29.8 Å². The highest BCUT2D eigenvalue weighted by atomic mass is 16.5. The monoisotopic (exact) mass is 274 g/mol. The number of fused-ring (bicyclic) bond motifs is 1. The molecule has 20 heavy (non-hydrogen) atoms. The van der Waals surface area contributed by atoms with E-state index < -0.39 is 0 Å². The van der Waals surface area contributed by atoms with Gasteiger partial charge in [0.25, 0.3) is 0 Å². The number of benzene rings is 1. The van der Waals surface area contributed by atoms with Crippen molar-refractivity contribution in [2.24, 2.45) is 11.7 Å². The van der Waals surface area contributed by atoms with Gasteiger partial charge < -0.3 is 15.8 Å². The molecule has 0 bridgehead atoms. The molecule has 4 nitrogen and oxygen atoms in total. The second-order valence-corrected chi connectivity index (χ2v) is 6.11. The van der Waals surface area contributed by atoms with E-state index in [9.17, 15) is 4.79 Å². The highest BCUT2D eigenvalue weighted by molar-refractivity contribution is 5.85. The quantitative estimate of drug-likeness (QED) is 0.880. The van der Waals surface area contributed by atoms with E-state index in [4.69, 9.17) is 10.5 Å². The van der Waals surface area contributed by atoms with Gasteiger partial charge in [-0.05, 0) is 38.2 Å². The minimum Gasteiger partial charge on any atom is -0.493 e. The van der Waals surface area contributed by atoms with Crippen molar-refractivity contribution in [1.29, 1.82) is 0 Å². The number of hydrogen-bond acceptors (Lipinski definition) is 3. The van der Waals surface area contributed by atoms with Crippen LogP contribution in [0.15, 0.2) is 24.3 Å². The largest absolute Gasteiger partial charge is 0.493 e. The standard InChI is InChI=1S/C16H22N2O2/c1-16(10-17,11-6-7-11)18-15(19)13-8-9-20-14-5-3-2-4-12(13)14/h2-5,11,13H,6-10,17H2,1H3,(H,18,19). The summed E-state index contributed by atoms with van der Waals surface area (Å²) in [5.74, 6) is 1.33. The highest BCUT2D eigenvalue weighted by Crippen LogP contribution is 2.40. The van der Waals surface area contributed by atoms with Gasteiger partial charge in [-0.1, -0.05) is 18.2 Å². The van der Waals surface area contributed by atoms with Crippen LogP contribution in [0.5, 0.6) is 5.75 Å². The maximum atomic E-state index is 12.6. The van der Waals surface area contributed by atoms with Crippen LogP contribution in [0.1, 0.15) is 37.7 Å². The summed E-state index contributed by atoms with van der Waals surface area (Å²) in [5.41, 5.74) is 6.61. The number of nitrogens with one attached hydrogen (secondary N) is 1. The van der Waals surface area contributed by atoms with E-state index in [1.807, 2.05) is 24.3 Å². The first-order chi connectivity index (χ1) is 9.64. The van der Waals surface area contributed by atoms with Crippen LogP contribution in [0.2, 0.25) is 0 Å². The molecule has 0 spiro atoms. The molecule has 1 saturated carbocycles. The first kappa shape index (κ1) is 13.4. The van der Waals surface area contributed by atoms with Crippen LogP contribution >= 0.6 is 0 Å². The second-order valence-electron chi connectivity index (χ2n) is 6.11. The van der Waals surface area contributed by atoms with Crippen LogP contribution in [-0.2, 0) is 4.79 Å². The van der Waals surface area contributed by atoms with Gasteiger partial charge in [0.2, 0.25) is 5.91 Å². The van der Waals surface area contributed by atoms with E-state index in [1.54, 1.807) is 0 Å². The lowest BCUT2D eigenvalue weighted by Crippen LogP contribution is -2.54. The lowest BCUT2D eigenvalue weighted by Gasteiger charge is -2.33. The zero-order valence-corrected chi connectivity index (χ0v) is 11.9. The maximum absolute atomic E-state index is 12.6. The summed E-state index contributed by atoms with van der Waals surface area (Å²) in [6.45, 7) is 3.15. The van der Waals surface area contributed by atoms with E-state index in [0.29, 0.717) is 19.1 Å². The van der Waals surface area contributed by atoms with Crippen LogP contribution in [0.3, 0.4) is 0 Å². The van der Waals surface area contributed by atoms with E-state index in [-0.39, 0.29) is 17.4 Å². The Bertz CT molecular complexity index is 513. The van der Waals surface area contributed by atoms with Gasteiger partial charge in [0.05, 0.1) is 18.1 Å². The van der Waals surface area contributed by atoms with E-state index in [0.717, 1.165) is 17.7 Å². The molecule has 2 unspecified atom stereocenters. The SMILES string of the molecule is CC(CN)(NC(=O)C1CCOc2ccccc21)C1CC1. The van der Waals surface area contributed by atoms with Gasteiger partial charge in [-0.3, -0.25) is 4.79 Å². The third kappa shape index (κ3) is 2.40. The molecule has 2 atom stereocenters. The molecule has 4 heteroatoms. The molecule has 2 aliphatic rings. The van der Waals surface area contributed by atoms with Crippen molar-refractivity contribution in [3.63, 3.8) is 0 Å². The van der Waals surface area contributed by atoms with Gasteiger partial charge in [-0.2, -0.15) is 0 Å². The van der Waals surface area contributed by atoms with Crippen LogP contribution < -0.4 is 15.8 Å². The third-order valence-corrected chi connectivity index (χ3v) is 4.59. The van der Waals surface area contributed by atoms with E-state index >= 15 is 0 Å². The summed E-state index contributed by atoms with van der Waals surface area (Å²) in [6, 6.07) is 7.80. The summed E-state index contributed by atoms with van der Waals surface area (Å²) in [5, 5.41) is 3.20. The fourth-order valence-electron chi connectivity index (χ4n) is 3.02. The average molecular weight is 274 g/mol. The normalized spacial score (nSPS) is 24.2. The number of nitrogens with two attached hydrogens (primary N) is 1. The molecule has 1 aliphatic carbocycles. The summed E-state index contributed by atoms with van der Waals surface area (Å²) < 4.78 is 5.62. The smallest absolute Gasteiger partial charge is 0.228 e. The van der Waals surface area contributed by atoms with Gasteiger partial charge in [-0.15, -0.1) is 0 Å². The molecule has 1 aromatic rings. The number of ether oxygens (including phenoxy) is 1. The Labute approximate surface area is 119 Å².